The smallest absolute Gasteiger partial charge is 0.331 e. The molecule has 11 heavy (non-hydrogen) atoms. The predicted molar refractivity (Wildman–Crippen MR) is 47.3 cm³/mol. The van der Waals surface area contributed by atoms with Gasteiger partial charge in [0.1, 0.15) is 0 Å². The van der Waals surface area contributed by atoms with Crippen molar-refractivity contribution < 1.29 is 9.53 Å². The lowest BCUT2D eigenvalue weighted by Crippen LogP contribution is -1.98. The summed E-state index contributed by atoms with van der Waals surface area (Å²) >= 11 is 3.12. The van der Waals surface area contributed by atoms with E-state index in [1.807, 2.05) is 0 Å². The van der Waals surface area contributed by atoms with E-state index in [0.717, 1.165) is 0 Å². The average Bonchev–Trinajstić information content (AvgIpc) is 1.99. The van der Waals surface area contributed by atoms with E-state index in [-0.39, 0.29) is 5.97 Å². The second kappa shape index (κ2) is 7.36. The molecule has 60 valence electrons. The van der Waals surface area contributed by atoms with Gasteiger partial charge in [0.05, 0.1) is 11.9 Å². The van der Waals surface area contributed by atoms with Crippen molar-refractivity contribution in [3.8, 4) is 11.8 Å². The Morgan fingerprint density at radius 3 is 3.00 bits per heavy atom. The van der Waals surface area contributed by atoms with Crippen molar-refractivity contribution in [2.24, 2.45) is 0 Å². The summed E-state index contributed by atoms with van der Waals surface area (Å²) in [4.78, 5) is 10.6. The number of carbonyl (C=O) groups excluding carboxylic acids is 1. The van der Waals surface area contributed by atoms with Crippen LogP contribution in [0.15, 0.2) is 12.2 Å². The number of esters is 1. The van der Waals surface area contributed by atoms with Crippen LogP contribution in [0, 0.1) is 11.8 Å². The summed E-state index contributed by atoms with van der Waals surface area (Å²) in [6.45, 7) is 2.16. The van der Waals surface area contributed by atoms with E-state index in [1.165, 1.54) is 12.2 Å². The van der Waals surface area contributed by atoms with E-state index >= 15 is 0 Å². The molecule has 3 heteroatoms. The molecule has 0 aliphatic heterocycles. The van der Waals surface area contributed by atoms with Crippen LogP contribution in [0.3, 0.4) is 0 Å². The fourth-order valence-corrected chi connectivity index (χ4v) is 0.559. The Balaban J connectivity index is 3.65. The minimum Gasteiger partial charge on any atom is -0.463 e. The Morgan fingerprint density at radius 1 is 1.73 bits per heavy atom. The number of rotatable bonds is 2. The van der Waals surface area contributed by atoms with Gasteiger partial charge in [0.25, 0.3) is 0 Å². The fraction of sp³-hybridized carbons (Fsp3) is 0.375. The van der Waals surface area contributed by atoms with E-state index < -0.39 is 0 Å². The third-order valence-corrected chi connectivity index (χ3v) is 1.04. The van der Waals surface area contributed by atoms with Gasteiger partial charge in [-0.1, -0.05) is 27.8 Å². The lowest BCUT2D eigenvalue weighted by molar-refractivity contribution is -0.137. The van der Waals surface area contributed by atoms with E-state index in [0.29, 0.717) is 11.9 Å². The number of alkyl halides is 1. The zero-order valence-corrected chi connectivity index (χ0v) is 7.85. The van der Waals surface area contributed by atoms with Crippen LogP contribution in [0.5, 0.6) is 0 Å². The number of ether oxygens (including phenoxy) is 1. The molecule has 0 aromatic rings. The Hall–Kier alpha value is -0.750. The number of halogens is 1. The molecule has 0 fully saturated rings. The van der Waals surface area contributed by atoms with Crippen LogP contribution in [0.25, 0.3) is 0 Å². The Kier molecular flexibility index (Phi) is 6.86. The summed E-state index contributed by atoms with van der Waals surface area (Å²) in [6, 6.07) is 0. The van der Waals surface area contributed by atoms with Gasteiger partial charge in [-0.05, 0) is 13.0 Å². The van der Waals surface area contributed by atoms with Crippen molar-refractivity contribution in [2.75, 3.05) is 11.9 Å². The number of carbonyl (C=O) groups is 1. The van der Waals surface area contributed by atoms with Gasteiger partial charge < -0.3 is 4.74 Å². The van der Waals surface area contributed by atoms with Crippen LogP contribution in [0.1, 0.15) is 6.92 Å². The highest BCUT2D eigenvalue weighted by Crippen LogP contribution is 1.80. The summed E-state index contributed by atoms with van der Waals surface area (Å²) in [5.41, 5.74) is 0. The molecule has 0 atom stereocenters. The Morgan fingerprint density at radius 2 is 2.45 bits per heavy atom. The molecule has 0 heterocycles. The molecule has 0 aliphatic rings. The van der Waals surface area contributed by atoms with Crippen molar-refractivity contribution in [1.82, 2.24) is 0 Å². The van der Waals surface area contributed by atoms with Gasteiger partial charge >= 0.3 is 5.97 Å². The molecule has 0 unspecified atom stereocenters. The zero-order valence-electron chi connectivity index (χ0n) is 6.26. The fourth-order valence-electron chi connectivity index (χ4n) is 0.398. The van der Waals surface area contributed by atoms with E-state index in [4.69, 9.17) is 0 Å². The van der Waals surface area contributed by atoms with Crippen LogP contribution < -0.4 is 0 Å². The van der Waals surface area contributed by atoms with E-state index in [2.05, 4.69) is 32.5 Å². The molecule has 0 bridgehead atoms. The molecule has 0 saturated heterocycles. The second-order valence-electron chi connectivity index (χ2n) is 1.54. The summed E-state index contributed by atoms with van der Waals surface area (Å²) in [6.07, 6.45) is 2.78. The minimum atomic E-state index is -0.351. The monoisotopic (exact) mass is 216 g/mol. The molecule has 0 N–H and O–H groups in total. The second-order valence-corrected chi connectivity index (χ2v) is 2.10. The summed E-state index contributed by atoms with van der Waals surface area (Å²) in [5, 5.41) is 0.611. The molecule has 0 radical (unpaired) electrons. The molecule has 0 rings (SSSR count). The topological polar surface area (TPSA) is 26.3 Å². The van der Waals surface area contributed by atoms with Crippen molar-refractivity contribution in [3.63, 3.8) is 0 Å². The first kappa shape index (κ1) is 10.2. The van der Waals surface area contributed by atoms with Crippen molar-refractivity contribution in [2.45, 2.75) is 6.92 Å². The first-order valence-electron chi connectivity index (χ1n) is 3.19. The van der Waals surface area contributed by atoms with Crippen LogP contribution in [0.2, 0.25) is 0 Å². The normalized spacial score (nSPS) is 8.91. The maximum atomic E-state index is 10.6. The maximum Gasteiger partial charge on any atom is 0.331 e. The van der Waals surface area contributed by atoms with Gasteiger partial charge in [-0.25, -0.2) is 4.79 Å². The lowest BCUT2D eigenvalue weighted by Gasteiger charge is -1.91. The lowest BCUT2D eigenvalue weighted by atomic mass is 10.5. The van der Waals surface area contributed by atoms with Gasteiger partial charge in [-0.2, -0.15) is 0 Å². The third kappa shape index (κ3) is 7.14. The highest BCUT2D eigenvalue weighted by Gasteiger charge is 1.89. The van der Waals surface area contributed by atoms with Gasteiger partial charge in [0, 0.05) is 6.08 Å². The summed E-state index contributed by atoms with van der Waals surface area (Å²) in [5.74, 6) is 5.01. The highest BCUT2D eigenvalue weighted by molar-refractivity contribution is 9.09. The molecule has 0 amide bonds. The molecule has 0 aromatic carbocycles. The highest BCUT2D eigenvalue weighted by atomic mass is 79.9. The van der Waals surface area contributed by atoms with Gasteiger partial charge in [0.15, 0.2) is 0 Å². The van der Waals surface area contributed by atoms with Gasteiger partial charge in [-0.15, -0.1) is 0 Å². The molecule has 0 aliphatic carbocycles. The predicted octanol–water partition coefficient (Wildman–Crippen LogP) is 1.50. The van der Waals surface area contributed by atoms with E-state index in [1.54, 1.807) is 6.92 Å². The summed E-state index contributed by atoms with van der Waals surface area (Å²) in [7, 11) is 0. The quantitative estimate of drug-likeness (QED) is 0.303. The number of hydrogen-bond acceptors (Lipinski definition) is 2. The van der Waals surface area contributed by atoms with Crippen molar-refractivity contribution in [1.29, 1.82) is 0 Å². The average molecular weight is 217 g/mol. The van der Waals surface area contributed by atoms with E-state index in [9.17, 15) is 4.79 Å². The molecular formula is C8H9BrO2. The van der Waals surface area contributed by atoms with Crippen molar-refractivity contribution in [3.05, 3.63) is 12.2 Å². The number of hydrogen-bond donors (Lipinski definition) is 0. The maximum absolute atomic E-state index is 10.6. The Bertz CT molecular complexity index is 198. The SMILES string of the molecule is CCOC(=O)C=CC#CCBr. The first-order chi connectivity index (χ1) is 5.31. The Labute approximate surface area is 74.7 Å². The third-order valence-electron chi connectivity index (χ3n) is 0.758. The standard InChI is InChI=1S/C8H9BrO2/c1-2-11-8(10)6-4-3-5-7-9/h4,6H,2,7H2,1H3. The minimum absolute atomic E-state index is 0.351. The van der Waals surface area contributed by atoms with Crippen LogP contribution >= 0.6 is 15.9 Å². The van der Waals surface area contributed by atoms with Gasteiger partial charge in [0.2, 0.25) is 0 Å². The van der Waals surface area contributed by atoms with Gasteiger partial charge in [-0.3, -0.25) is 0 Å². The van der Waals surface area contributed by atoms with Crippen LogP contribution in [-0.4, -0.2) is 17.9 Å². The molecule has 0 spiro atoms. The number of allylic oxidation sites excluding steroid dienone is 1. The molecule has 0 aromatic heterocycles. The zero-order chi connectivity index (χ0) is 8.53. The largest absolute Gasteiger partial charge is 0.463 e. The first-order valence-corrected chi connectivity index (χ1v) is 4.31. The van der Waals surface area contributed by atoms with Crippen LogP contribution in [0.4, 0.5) is 0 Å². The summed E-state index contributed by atoms with van der Waals surface area (Å²) < 4.78 is 4.62. The van der Waals surface area contributed by atoms with Crippen molar-refractivity contribution >= 4 is 21.9 Å². The molecule has 2 nitrogen and oxygen atoms in total. The molecule has 0 saturated carbocycles. The molecular weight excluding hydrogens is 208 g/mol. The van der Waals surface area contributed by atoms with Crippen LogP contribution in [-0.2, 0) is 9.53 Å².